The Morgan fingerprint density at radius 2 is 1.94 bits per heavy atom. The van der Waals surface area contributed by atoms with Crippen LogP contribution in [0.4, 0.5) is 11.4 Å². The lowest BCUT2D eigenvalue weighted by atomic mass is 10.2. The second-order valence-electron chi connectivity index (χ2n) is 7.17. The van der Waals surface area contributed by atoms with E-state index in [-0.39, 0.29) is 22.6 Å². The van der Waals surface area contributed by atoms with Crippen LogP contribution in [0.2, 0.25) is 0 Å². The van der Waals surface area contributed by atoms with Crippen LogP contribution in [0.3, 0.4) is 0 Å². The molecule has 0 unspecified atom stereocenters. The predicted molar refractivity (Wildman–Crippen MR) is 127 cm³/mol. The summed E-state index contributed by atoms with van der Waals surface area (Å²) in [4.78, 5) is 30.1. The third-order valence-electron chi connectivity index (χ3n) is 4.97. The summed E-state index contributed by atoms with van der Waals surface area (Å²) in [5, 5.41) is 29.5. The first-order valence-electron chi connectivity index (χ1n) is 10.0. The highest BCUT2D eigenvalue weighted by Crippen LogP contribution is 2.38. The lowest BCUT2D eigenvalue weighted by Crippen LogP contribution is -2.08. The van der Waals surface area contributed by atoms with Gasteiger partial charge in [-0.3, -0.25) is 14.9 Å². The predicted octanol–water partition coefficient (Wildman–Crippen LogP) is 5.75. The molecule has 0 saturated carbocycles. The number of ether oxygens (including phenoxy) is 1. The van der Waals surface area contributed by atoms with Crippen molar-refractivity contribution in [2.24, 2.45) is 10.2 Å². The number of para-hydroxylation sites is 2. The molecule has 168 valence electrons. The lowest BCUT2D eigenvalue weighted by molar-refractivity contribution is -0.384. The summed E-state index contributed by atoms with van der Waals surface area (Å²) in [6, 6.07) is 19.0. The maximum absolute atomic E-state index is 12.3. The van der Waals surface area contributed by atoms with E-state index in [1.165, 1.54) is 29.5 Å². The van der Waals surface area contributed by atoms with Crippen molar-refractivity contribution in [2.75, 3.05) is 6.61 Å². The molecular weight excluding hydrogens is 458 g/mol. The van der Waals surface area contributed by atoms with Gasteiger partial charge in [0.05, 0.1) is 26.2 Å². The number of thiazole rings is 1. The maximum Gasteiger partial charge on any atom is 0.302 e. The van der Waals surface area contributed by atoms with Crippen LogP contribution >= 0.6 is 11.3 Å². The number of amides is 1. The molecule has 11 heteroatoms. The van der Waals surface area contributed by atoms with Crippen LogP contribution in [0, 0.1) is 10.1 Å². The zero-order valence-corrected chi connectivity index (χ0v) is 18.2. The second-order valence-corrected chi connectivity index (χ2v) is 8.21. The number of nitrogens with zero attached hydrogens (tertiary/aromatic N) is 4. The van der Waals surface area contributed by atoms with Gasteiger partial charge in [-0.05, 0) is 30.3 Å². The summed E-state index contributed by atoms with van der Waals surface area (Å²) in [7, 11) is 0. The highest BCUT2D eigenvalue weighted by atomic mass is 32.1. The number of nitro benzene ring substituents is 1. The summed E-state index contributed by atoms with van der Waals surface area (Å²) >= 11 is 1.52. The number of H-pyrrole nitrogens is 1. The number of fused-ring (bicyclic) bond motifs is 2. The summed E-state index contributed by atoms with van der Waals surface area (Å²) < 4.78 is 6.73. The van der Waals surface area contributed by atoms with Gasteiger partial charge in [-0.15, -0.1) is 21.6 Å². The van der Waals surface area contributed by atoms with Gasteiger partial charge in [0.2, 0.25) is 5.88 Å². The van der Waals surface area contributed by atoms with Crippen LogP contribution in [-0.4, -0.2) is 32.5 Å². The number of nitro groups is 1. The summed E-state index contributed by atoms with van der Waals surface area (Å²) in [6.07, 6.45) is 0. The topological polar surface area (TPSA) is 143 Å². The first-order valence-corrected chi connectivity index (χ1v) is 10.8. The summed E-state index contributed by atoms with van der Waals surface area (Å²) in [5.41, 5.74) is 1.80. The van der Waals surface area contributed by atoms with E-state index in [9.17, 15) is 20.0 Å². The molecule has 2 aromatic heterocycles. The highest BCUT2D eigenvalue weighted by Gasteiger charge is 2.16. The molecule has 5 aromatic rings. The third kappa shape index (κ3) is 4.07. The largest absolute Gasteiger partial charge is 0.493 e. The van der Waals surface area contributed by atoms with Crippen LogP contribution in [0.1, 0.15) is 0 Å². The van der Waals surface area contributed by atoms with Crippen molar-refractivity contribution >= 4 is 49.7 Å². The van der Waals surface area contributed by atoms with Gasteiger partial charge in [0.15, 0.2) is 12.3 Å². The van der Waals surface area contributed by atoms with Gasteiger partial charge >= 0.3 is 5.91 Å². The Kier molecular flexibility index (Phi) is 5.44. The van der Waals surface area contributed by atoms with E-state index in [0.717, 1.165) is 20.8 Å². The molecule has 0 aliphatic rings. The molecule has 10 nitrogen and oxygen atoms in total. The van der Waals surface area contributed by atoms with E-state index < -0.39 is 17.4 Å². The van der Waals surface area contributed by atoms with E-state index >= 15 is 0 Å². The normalized spacial score (nSPS) is 11.4. The maximum atomic E-state index is 12.3. The number of azo groups is 1. The Hall–Kier alpha value is -4.64. The lowest BCUT2D eigenvalue weighted by Gasteiger charge is -2.07. The quantitative estimate of drug-likeness (QED) is 0.183. The summed E-state index contributed by atoms with van der Waals surface area (Å²) in [6.45, 7) is -0.394. The number of non-ortho nitro benzene ring substituents is 1. The van der Waals surface area contributed by atoms with Gasteiger partial charge in [0, 0.05) is 17.5 Å². The number of aromatic hydroxyl groups is 1. The Morgan fingerprint density at radius 3 is 2.76 bits per heavy atom. The van der Waals surface area contributed by atoms with Crippen LogP contribution in [0.5, 0.6) is 11.6 Å². The molecule has 3 aromatic carbocycles. The van der Waals surface area contributed by atoms with Crippen LogP contribution in [0.15, 0.2) is 77.0 Å². The Labute approximate surface area is 195 Å². The molecule has 0 spiro atoms. The van der Waals surface area contributed by atoms with Crippen molar-refractivity contribution in [1.82, 2.24) is 9.97 Å². The second kappa shape index (κ2) is 8.71. The minimum absolute atomic E-state index is 0.0677. The van der Waals surface area contributed by atoms with Crippen LogP contribution in [0.25, 0.3) is 31.7 Å². The van der Waals surface area contributed by atoms with Crippen molar-refractivity contribution in [2.45, 2.75) is 0 Å². The van der Waals surface area contributed by atoms with E-state index in [2.05, 4.69) is 20.2 Å². The average Bonchev–Trinajstić information content (AvgIpc) is 3.41. The Morgan fingerprint density at radius 1 is 1.15 bits per heavy atom. The fourth-order valence-corrected chi connectivity index (χ4v) is 4.39. The monoisotopic (exact) mass is 473 g/mol. The molecule has 2 N–H and O–H groups in total. The number of aromatic nitrogens is 2. The SMILES string of the molecule is O=C(COc1ccccc1-c1nc2ccccc2s1)N=Nc1c(O)[nH]c2ccc([N+](=O)[O-])cc12. The van der Waals surface area contributed by atoms with Gasteiger partial charge in [0.25, 0.3) is 5.69 Å². The molecule has 0 saturated heterocycles. The molecule has 34 heavy (non-hydrogen) atoms. The zero-order chi connectivity index (χ0) is 23.7. The summed E-state index contributed by atoms with van der Waals surface area (Å²) in [5.74, 6) is -0.580. The number of nitrogens with one attached hydrogen (secondary N) is 1. The number of rotatable bonds is 6. The van der Waals surface area contributed by atoms with Crippen molar-refractivity contribution in [1.29, 1.82) is 0 Å². The van der Waals surface area contributed by atoms with Gasteiger partial charge < -0.3 is 14.8 Å². The number of carbonyl (C=O) groups is 1. The molecule has 0 radical (unpaired) electrons. The zero-order valence-electron chi connectivity index (χ0n) is 17.3. The standard InChI is InChI=1S/C23H15N5O5S/c29-20(26-27-21-15-11-13(28(31)32)9-10-16(15)24-22(21)30)12-33-18-7-3-1-5-14(18)23-25-17-6-2-4-8-19(17)34-23/h1-11,24,30H,12H2. The van der Waals surface area contributed by atoms with E-state index in [1.807, 2.05) is 36.4 Å². The fourth-order valence-electron chi connectivity index (χ4n) is 3.40. The van der Waals surface area contributed by atoms with E-state index in [0.29, 0.717) is 11.3 Å². The molecule has 5 rings (SSSR count). The molecular formula is C23H15N5O5S. The van der Waals surface area contributed by atoms with E-state index in [1.54, 1.807) is 12.1 Å². The molecule has 2 heterocycles. The Bertz CT molecular complexity index is 1560. The molecule has 0 atom stereocenters. The van der Waals surface area contributed by atoms with Crippen molar-refractivity contribution in [3.63, 3.8) is 0 Å². The number of aromatic amines is 1. The van der Waals surface area contributed by atoms with Gasteiger partial charge in [-0.2, -0.15) is 0 Å². The first-order chi connectivity index (χ1) is 16.5. The Balaban J connectivity index is 1.34. The van der Waals surface area contributed by atoms with Crippen molar-refractivity contribution in [3.8, 4) is 22.2 Å². The number of carbonyl (C=O) groups excluding carboxylic acids is 1. The molecule has 1 amide bonds. The minimum Gasteiger partial charge on any atom is -0.493 e. The van der Waals surface area contributed by atoms with Crippen LogP contribution in [-0.2, 0) is 4.79 Å². The van der Waals surface area contributed by atoms with Gasteiger partial charge in [-0.25, -0.2) is 4.98 Å². The number of hydrogen-bond acceptors (Lipinski definition) is 8. The van der Waals surface area contributed by atoms with Gasteiger partial charge in [0.1, 0.15) is 10.8 Å². The van der Waals surface area contributed by atoms with Crippen molar-refractivity contribution in [3.05, 3.63) is 76.8 Å². The van der Waals surface area contributed by atoms with Crippen molar-refractivity contribution < 1.29 is 19.6 Å². The molecule has 0 bridgehead atoms. The van der Waals surface area contributed by atoms with Gasteiger partial charge in [-0.1, -0.05) is 24.3 Å². The molecule has 0 aliphatic carbocycles. The molecule has 0 aliphatic heterocycles. The highest BCUT2D eigenvalue weighted by molar-refractivity contribution is 7.21. The minimum atomic E-state index is -0.696. The molecule has 0 fully saturated rings. The fraction of sp³-hybridized carbons (Fsp3) is 0.0435. The third-order valence-corrected chi connectivity index (χ3v) is 6.04. The first kappa shape index (κ1) is 21.2. The number of hydrogen-bond donors (Lipinski definition) is 2. The number of benzene rings is 3. The smallest absolute Gasteiger partial charge is 0.302 e. The van der Waals surface area contributed by atoms with E-state index in [4.69, 9.17) is 4.74 Å². The van der Waals surface area contributed by atoms with Crippen LogP contribution < -0.4 is 4.74 Å². The average molecular weight is 473 g/mol.